The van der Waals surface area contributed by atoms with E-state index < -0.39 is 0 Å². The number of carbonyl (C=O) groups is 1. The maximum Gasteiger partial charge on any atom is 0.277 e. The van der Waals surface area contributed by atoms with Gasteiger partial charge in [-0.3, -0.25) is 4.79 Å². The number of nitrogens with one attached hydrogen (secondary N) is 1. The standard InChI is InChI=1S/C12H13N3O2/c1-7-3-4-9(6-10(7)13)14-12(16)11-5-8(2)17-15-11/h3-6H,13H2,1-2H3,(H,14,16). The first-order chi connectivity index (χ1) is 8.06. The highest BCUT2D eigenvalue weighted by atomic mass is 16.5. The molecule has 0 aliphatic carbocycles. The number of hydrogen-bond acceptors (Lipinski definition) is 4. The number of nitrogens with two attached hydrogens (primary N) is 1. The number of aryl methyl sites for hydroxylation is 2. The molecule has 5 heteroatoms. The van der Waals surface area contributed by atoms with Crippen molar-refractivity contribution >= 4 is 17.3 Å². The molecule has 2 rings (SSSR count). The summed E-state index contributed by atoms with van der Waals surface area (Å²) >= 11 is 0. The zero-order chi connectivity index (χ0) is 12.4. The maximum absolute atomic E-state index is 11.7. The van der Waals surface area contributed by atoms with Crippen LogP contribution in [0.1, 0.15) is 21.8 Å². The Hall–Kier alpha value is -2.30. The van der Waals surface area contributed by atoms with Gasteiger partial charge in [0.1, 0.15) is 5.76 Å². The molecule has 0 aliphatic rings. The number of nitrogen functional groups attached to an aromatic ring is 1. The van der Waals surface area contributed by atoms with Gasteiger partial charge < -0.3 is 15.6 Å². The number of amides is 1. The zero-order valence-electron chi connectivity index (χ0n) is 9.65. The van der Waals surface area contributed by atoms with Crippen LogP contribution in [0.3, 0.4) is 0 Å². The third-order valence-electron chi connectivity index (χ3n) is 2.40. The van der Waals surface area contributed by atoms with Crippen molar-refractivity contribution in [3.8, 4) is 0 Å². The predicted molar refractivity (Wildman–Crippen MR) is 64.8 cm³/mol. The second-order valence-corrected chi connectivity index (χ2v) is 3.85. The molecule has 1 heterocycles. The molecule has 0 radical (unpaired) electrons. The second kappa shape index (κ2) is 4.29. The van der Waals surface area contributed by atoms with E-state index in [2.05, 4.69) is 10.5 Å². The molecule has 1 aromatic carbocycles. The van der Waals surface area contributed by atoms with Crippen molar-refractivity contribution in [2.75, 3.05) is 11.1 Å². The second-order valence-electron chi connectivity index (χ2n) is 3.85. The largest absolute Gasteiger partial charge is 0.398 e. The molecule has 0 bridgehead atoms. The van der Waals surface area contributed by atoms with Crippen molar-refractivity contribution in [2.24, 2.45) is 0 Å². The van der Waals surface area contributed by atoms with Crippen molar-refractivity contribution < 1.29 is 9.32 Å². The lowest BCUT2D eigenvalue weighted by Gasteiger charge is -2.05. The molecule has 2 aromatic rings. The van der Waals surface area contributed by atoms with E-state index in [0.717, 1.165) is 5.56 Å². The smallest absolute Gasteiger partial charge is 0.277 e. The number of aromatic nitrogens is 1. The number of hydrogen-bond donors (Lipinski definition) is 2. The van der Waals surface area contributed by atoms with Gasteiger partial charge in [-0.2, -0.15) is 0 Å². The summed E-state index contributed by atoms with van der Waals surface area (Å²) in [6.45, 7) is 3.63. The summed E-state index contributed by atoms with van der Waals surface area (Å²) in [6, 6.07) is 6.92. The molecule has 88 valence electrons. The topological polar surface area (TPSA) is 81.2 Å². The Balaban J connectivity index is 2.15. The number of nitrogens with zero attached hydrogens (tertiary/aromatic N) is 1. The molecule has 1 aromatic heterocycles. The van der Waals surface area contributed by atoms with Crippen LogP contribution in [0.5, 0.6) is 0 Å². The van der Waals surface area contributed by atoms with Crippen LogP contribution in [-0.4, -0.2) is 11.1 Å². The Labute approximate surface area is 98.6 Å². The molecular formula is C12H13N3O2. The van der Waals surface area contributed by atoms with Gasteiger partial charge in [-0.05, 0) is 31.5 Å². The van der Waals surface area contributed by atoms with E-state index in [1.807, 2.05) is 13.0 Å². The van der Waals surface area contributed by atoms with E-state index in [-0.39, 0.29) is 11.6 Å². The highest BCUT2D eigenvalue weighted by Crippen LogP contribution is 2.17. The van der Waals surface area contributed by atoms with Crippen molar-refractivity contribution in [1.29, 1.82) is 0 Å². The number of benzene rings is 1. The zero-order valence-corrected chi connectivity index (χ0v) is 9.65. The molecule has 0 aliphatic heterocycles. The summed E-state index contributed by atoms with van der Waals surface area (Å²) in [5, 5.41) is 6.33. The highest BCUT2D eigenvalue weighted by molar-refractivity contribution is 6.03. The third kappa shape index (κ3) is 2.44. The molecule has 1 amide bonds. The Morgan fingerprint density at radius 3 is 2.71 bits per heavy atom. The summed E-state index contributed by atoms with van der Waals surface area (Å²) < 4.78 is 4.83. The van der Waals surface area contributed by atoms with Crippen LogP contribution in [0.15, 0.2) is 28.8 Å². The molecule has 0 fully saturated rings. The fourth-order valence-corrected chi connectivity index (χ4v) is 1.39. The van der Waals surface area contributed by atoms with Crippen molar-refractivity contribution in [3.05, 3.63) is 41.3 Å². The van der Waals surface area contributed by atoms with Crippen molar-refractivity contribution in [1.82, 2.24) is 5.16 Å². The van der Waals surface area contributed by atoms with E-state index >= 15 is 0 Å². The minimum Gasteiger partial charge on any atom is -0.398 e. The molecule has 17 heavy (non-hydrogen) atoms. The first-order valence-electron chi connectivity index (χ1n) is 5.17. The normalized spacial score (nSPS) is 10.2. The molecule has 0 saturated heterocycles. The van der Waals surface area contributed by atoms with Gasteiger partial charge in [0.05, 0.1) is 0 Å². The van der Waals surface area contributed by atoms with Crippen LogP contribution in [0.4, 0.5) is 11.4 Å². The van der Waals surface area contributed by atoms with Gasteiger partial charge in [-0.25, -0.2) is 0 Å². The van der Waals surface area contributed by atoms with E-state index in [0.29, 0.717) is 17.1 Å². The summed E-state index contributed by atoms with van der Waals surface area (Å²) in [4.78, 5) is 11.7. The predicted octanol–water partition coefficient (Wildman–Crippen LogP) is 2.13. The number of carbonyl (C=O) groups excluding carboxylic acids is 1. The Morgan fingerprint density at radius 1 is 1.35 bits per heavy atom. The van der Waals surface area contributed by atoms with Crippen LogP contribution >= 0.6 is 0 Å². The van der Waals surface area contributed by atoms with E-state index in [4.69, 9.17) is 10.3 Å². The van der Waals surface area contributed by atoms with Gasteiger partial charge in [-0.15, -0.1) is 0 Å². The quantitative estimate of drug-likeness (QED) is 0.776. The Morgan fingerprint density at radius 2 is 2.12 bits per heavy atom. The van der Waals surface area contributed by atoms with Gasteiger partial charge in [0.2, 0.25) is 0 Å². The molecule has 5 nitrogen and oxygen atoms in total. The van der Waals surface area contributed by atoms with Gasteiger partial charge in [0.25, 0.3) is 5.91 Å². The molecule has 0 saturated carbocycles. The Kier molecular flexibility index (Phi) is 2.82. The van der Waals surface area contributed by atoms with Crippen LogP contribution in [0.25, 0.3) is 0 Å². The number of anilines is 2. The fourth-order valence-electron chi connectivity index (χ4n) is 1.39. The van der Waals surface area contributed by atoms with Gasteiger partial charge >= 0.3 is 0 Å². The third-order valence-corrected chi connectivity index (χ3v) is 2.40. The van der Waals surface area contributed by atoms with Gasteiger partial charge in [0.15, 0.2) is 5.69 Å². The SMILES string of the molecule is Cc1cc(C(=O)Nc2ccc(C)c(N)c2)no1. The maximum atomic E-state index is 11.7. The highest BCUT2D eigenvalue weighted by Gasteiger charge is 2.11. The average molecular weight is 231 g/mol. The summed E-state index contributed by atoms with van der Waals surface area (Å²) in [5.41, 5.74) is 8.25. The van der Waals surface area contributed by atoms with Gasteiger partial charge in [-0.1, -0.05) is 11.2 Å². The summed E-state index contributed by atoms with van der Waals surface area (Å²) in [7, 11) is 0. The van der Waals surface area contributed by atoms with Crippen LogP contribution in [-0.2, 0) is 0 Å². The lowest BCUT2D eigenvalue weighted by molar-refractivity contribution is 0.101. The lowest BCUT2D eigenvalue weighted by atomic mass is 10.2. The average Bonchev–Trinajstić information content (AvgIpc) is 2.70. The molecule has 0 spiro atoms. The van der Waals surface area contributed by atoms with Crippen LogP contribution in [0.2, 0.25) is 0 Å². The summed E-state index contributed by atoms with van der Waals surface area (Å²) in [5.74, 6) is 0.281. The summed E-state index contributed by atoms with van der Waals surface area (Å²) in [6.07, 6.45) is 0. The number of rotatable bonds is 2. The van der Waals surface area contributed by atoms with E-state index in [1.54, 1.807) is 25.1 Å². The van der Waals surface area contributed by atoms with Gasteiger partial charge in [0, 0.05) is 17.4 Å². The fraction of sp³-hybridized carbons (Fsp3) is 0.167. The molecule has 0 unspecified atom stereocenters. The first kappa shape index (κ1) is 11.2. The minimum atomic E-state index is -0.315. The minimum absolute atomic E-state index is 0.252. The van der Waals surface area contributed by atoms with Crippen LogP contribution in [0, 0.1) is 13.8 Å². The van der Waals surface area contributed by atoms with E-state index in [1.165, 1.54) is 0 Å². The van der Waals surface area contributed by atoms with E-state index in [9.17, 15) is 4.79 Å². The molecule has 3 N–H and O–H groups in total. The van der Waals surface area contributed by atoms with Crippen LogP contribution < -0.4 is 11.1 Å². The molecular weight excluding hydrogens is 218 g/mol. The monoisotopic (exact) mass is 231 g/mol. The Bertz CT molecular complexity index is 561. The first-order valence-corrected chi connectivity index (χ1v) is 5.17. The molecule has 0 atom stereocenters. The van der Waals surface area contributed by atoms with Crippen molar-refractivity contribution in [2.45, 2.75) is 13.8 Å². The van der Waals surface area contributed by atoms with Crippen molar-refractivity contribution in [3.63, 3.8) is 0 Å². The lowest BCUT2D eigenvalue weighted by Crippen LogP contribution is -2.12.